The Kier molecular flexibility index (Phi) is 4.63. The number of hydrogen-bond acceptors (Lipinski definition) is 3. The van der Waals surface area contributed by atoms with Crippen LogP contribution in [0.4, 0.5) is 5.69 Å². The van der Waals surface area contributed by atoms with Crippen LogP contribution in [0.15, 0.2) is 48.5 Å². The monoisotopic (exact) mass is 310 g/mol. The number of piperazine rings is 1. The van der Waals surface area contributed by atoms with E-state index >= 15 is 0 Å². The average molecular weight is 310 g/mol. The first-order valence-corrected chi connectivity index (χ1v) is 8.08. The molecule has 2 aromatic carbocycles. The molecule has 0 aliphatic carbocycles. The number of carbonyl (C=O) groups excluding carboxylic acids is 1. The van der Waals surface area contributed by atoms with Gasteiger partial charge in [-0.1, -0.05) is 36.4 Å². The first-order chi connectivity index (χ1) is 11.1. The van der Waals surface area contributed by atoms with E-state index in [4.69, 9.17) is 0 Å². The highest BCUT2D eigenvalue weighted by molar-refractivity contribution is 5.86. The lowest BCUT2D eigenvalue weighted by Crippen LogP contribution is -3.13. The van der Waals surface area contributed by atoms with Crippen molar-refractivity contribution in [1.29, 1.82) is 0 Å². The molecule has 23 heavy (non-hydrogen) atoms. The summed E-state index contributed by atoms with van der Waals surface area (Å²) < 4.78 is 0. The van der Waals surface area contributed by atoms with E-state index in [0.29, 0.717) is 0 Å². The molecular formula is C19H22N2O2. The maximum absolute atomic E-state index is 10.8. The van der Waals surface area contributed by atoms with E-state index in [0.717, 1.165) is 38.4 Å². The molecule has 1 heterocycles. The number of carboxylic acid groups (broad SMARTS) is 1. The zero-order valence-electron chi connectivity index (χ0n) is 13.4. The Labute approximate surface area is 137 Å². The van der Waals surface area contributed by atoms with Crippen LogP contribution >= 0.6 is 0 Å². The van der Waals surface area contributed by atoms with Crippen LogP contribution in [0.3, 0.4) is 0 Å². The van der Waals surface area contributed by atoms with Gasteiger partial charge in [0.1, 0.15) is 6.54 Å². The van der Waals surface area contributed by atoms with Crippen LogP contribution in [0.1, 0.15) is 21.5 Å². The molecule has 120 valence electrons. The number of aryl methyl sites for hydroxylation is 1. The second kappa shape index (κ2) is 6.84. The zero-order chi connectivity index (χ0) is 16.2. The number of nitrogens with zero attached hydrogens (tertiary/aromatic N) is 1. The number of aromatic carboxylic acids is 1. The zero-order valence-corrected chi connectivity index (χ0v) is 13.4. The van der Waals surface area contributed by atoms with Gasteiger partial charge < -0.3 is 19.7 Å². The summed E-state index contributed by atoms with van der Waals surface area (Å²) in [5.74, 6) is -1.12. The first kappa shape index (κ1) is 15.6. The summed E-state index contributed by atoms with van der Waals surface area (Å²) in [4.78, 5) is 14.7. The minimum absolute atomic E-state index is 0.234. The van der Waals surface area contributed by atoms with Gasteiger partial charge in [-0.2, -0.15) is 0 Å². The van der Waals surface area contributed by atoms with Gasteiger partial charge in [0.25, 0.3) is 0 Å². The number of hydrogen-bond donors (Lipinski definition) is 1. The molecule has 0 unspecified atom stereocenters. The van der Waals surface area contributed by atoms with Gasteiger partial charge in [-0.15, -0.1) is 0 Å². The number of carboxylic acids is 1. The molecule has 0 amide bonds. The van der Waals surface area contributed by atoms with Crippen molar-refractivity contribution in [1.82, 2.24) is 0 Å². The van der Waals surface area contributed by atoms with Gasteiger partial charge in [-0.25, -0.2) is 0 Å². The predicted molar refractivity (Wildman–Crippen MR) is 88.6 cm³/mol. The van der Waals surface area contributed by atoms with Crippen molar-refractivity contribution in [3.05, 3.63) is 65.2 Å². The van der Waals surface area contributed by atoms with Crippen LogP contribution in [-0.4, -0.2) is 32.1 Å². The Morgan fingerprint density at radius 2 is 1.74 bits per heavy atom. The molecule has 0 radical (unpaired) electrons. The molecule has 0 spiro atoms. The summed E-state index contributed by atoms with van der Waals surface area (Å²) in [6.45, 7) is 7.42. The molecular weight excluding hydrogens is 288 g/mol. The van der Waals surface area contributed by atoms with E-state index in [1.165, 1.54) is 11.1 Å². The molecule has 0 saturated carbocycles. The smallest absolute Gasteiger partial charge is 0.103 e. The Morgan fingerprint density at radius 1 is 1.09 bits per heavy atom. The fourth-order valence-electron chi connectivity index (χ4n) is 3.14. The van der Waals surface area contributed by atoms with E-state index in [1.54, 1.807) is 17.0 Å². The van der Waals surface area contributed by atoms with E-state index in [9.17, 15) is 9.90 Å². The Hall–Kier alpha value is -2.33. The van der Waals surface area contributed by atoms with Crippen LogP contribution < -0.4 is 14.9 Å². The van der Waals surface area contributed by atoms with Crippen LogP contribution in [0.25, 0.3) is 0 Å². The number of carbonyl (C=O) groups is 1. The van der Waals surface area contributed by atoms with Gasteiger partial charge in [-0.05, 0) is 30.2 Å². The molecule has 2 aromatic rings. The summed E-state index contributed by atoms with van der Waals surface area (Å²) in [5.41, 5.74) is 4.11. The second-order valence-corrected chi connectivity index (χ2v) is 6.17. The van der Waals surface area contributed by atoms with Gasteiger partial charge >= 0.3 is 0 Å². The van der Waals surface area contributed by atoms with Gasteiger partial charge in [-0.3, -0.25) is 0 Å². The third kappa shape index (κ3) is 3.71. The SMILES string of the molecule is Cc1ccccc1C[NH+]1CCN(c2ccc(C(=O)[O-])cc2)CC1. The highest BCUT2D eigenvalue weighted by Crippen LogP contribution is 2.15. The molecule has 0 aromatic heterocycles. The predicted octanol–water partition coefficient (Wildman–Crippen LogP) is 0.264. The highest BCUT2D eigenvalue weighted by Gasteiger charge is 2.20. The fourth-order valence-corrected chi connectivity index (χ4v) is 3.14. The average Bonchev–Trinajstić information content (AvgIpc) is 2.58. The molecule has 0 bridgehead atoms. The number of rotatable bonds is 4. The van der Waals surface area contributed by atoms with Crippen LogP contribution in [0.5, 0.6) is 0 Å². The van der Waals surface area contributed by atoms with E-state index in [2.05, 4.69) is 36.1 Å². The normalized spacial score (nSPS) is 15.6. The summed E-state index contributed by atoms with van der Waals surface area (Å²) >= 11 is 0. The van der Waals surface area contributed by atoms with E-state index in [1.807, 2.05) is 12.1 Å². The summed E-state index contributed by atoms with van der Waals surface area (Å²) in [7, 11) is 0. The number of anilines is 1. The molecule has 1 aliphatic heterocycles. The largest absolute Gasteiger partial charge is 0.545 e. The molecule has 4 nitrogen and oxygen atoms in total. The van der Waals surface area contributed by atoms with Gasteiger partial charge in [0.05, 0.1) is 32.1 Å². The van der Waals surface area contributed by atoms with Crippen molar-refractivity contribution in [2.24, 2.45) is 0 Å². The highest BCUT2D eigenvalue weighted by atomic mass is 16.4. The molecule has 3 rings (SSSR count). The first-order valence-electron chi connectivity index (χ1n) is 8.08. The molecule has 1 saturated heterocycles. The van der Waals surface area contributed by atoms with E-state index in [-0.39, 0.29) is 5.56 Å². The third-order valence-corrected chi connectivity index (χ3v) is 4.64. The number of quaternary nitrogens is 1. The second-order valence-electron chi connectivity index (χ2n) is 6.17. The number of nitrogens with one attached hydrogen (secondary N) is 1. The summed E-state index contributed by atoms with van der Waals surface area (Å²) in [6, 6.07) is 15.6. The Morgan fingerprint density at radius 3 is 2.35 bits per heavy atom. The quantitative estimate of drug-likeness (QED) is 0.881. The maximum atomic E-state index is 10.8. The van der Waals surface area contributed by atoms with Crippen LogP contribution in [0.2, 0.25) is 0 Å². The van der Waals surface area contributed by atoms with Crippen molar-refractivity contribution < 1.29 is 14.8 Å². The minimum Gasteiger partial charge on any atom is -0.545 e. The van der Waals surface area contributed by atoms with Crippen molar-refractivity contribution in [3.8, 4) is 0 Å². The van der Waals surface area contributed by atoms with Crippen molar-refractivity contribution in [3.63, 3.8) is 0 Å². The maximum Gasteiger partial charge on any atom is 0.103 e. The lowest BCUT2D eigenvalue weighted by Gasteiger charge is -2.34. The number of benzene rings is 2. The Balaban J connectivity index is 1.58. The van der Waals surface area contributed by atoms with Crippen LogP contribution in [0, 0.1) is 6.92 Å². The Bertz CT molecular complexity index is 674. The summed E-state index contributed by atoms with van der Waals surface area (Å²) in [6.07, 6.45) is 0. The molecule has 4 heteroatoms. The van der Waals surface area contributed by atoms with Gasteiger partial charge in [0.2, 0.25) is 0 Å². The topological polar surface area (TPSA) is 47.8 Å². The van der Waals surface area contributed by atoms with Crippen molar-refractivity contribution in [2.75, 3.05) is 31.1 Å². The van der Waals surface area contributed by atoms with Gasteiger partial charge in [0, 0.05) is 11.3 Å². The van der Waals surface area contributed by atoms with E-state index < -0.39 is 5.97 Å². The lowest BCUT2D eigenvalue weighted by atomic mass is 10.1. The summed E-state index contributed by atoms with van der Waals surface area (Å²) in [5, 5.41) is 10.8. The fraction of sp³-hybridized carbons (Fsp3) is 0.316. The minimum atomic E-state index is -1.12. The van der Waals surface area contributed by atoms with Crippen LogP contribution in [-0.2, 0) is 6.54 Å². The molecule has 1 aliphatic rings. The lowest BCUT2D eigenvalue weighted by molar-refractivity contribution is -0.914. The van der Waals surface area contributed by atoms with Gasteiger partial charge in [0.15, 0.2) is 0 Å². The molecule has 0 atom stereocenters. The third-order valence-electron chi connectivity index (χ3n) is 4.64. The van der Waals surface area contributed by atoms with Crippen molar-refractivity contribution >= 4 is 11.7 Å². The molecule has 1 N–H and O–H groups in total. The van der Waals surface area contributed by atoms with Crippen molar-refractivity contribution in [2.45, 2.75) is 13.5 Å². The standard InChI is InChI=1S/C19H22N2O2/c1-15-4-2-3-5-17(15)14-20-10-12-21(13-11-20)18-8-6-16(7-9-18)19(22)23/h2-9H,10-14H2,1H3,(H,22,23). The molecule has 1 fully saturated rings.